The van der Waals surface area contributed by atoms with E-state index >= 15 is 0 Å². The second kappa shape index (κ2) is 5.52. The van der Waals surface area contributed by atoms with Crippen LogP contribution in [0.3, 0.4) is 0 Å². The van der Waals surface area contributed by atoms with Crippen LogP contribution in [0.15, 0.2) is 12.3 Å². The molecule has 18 heavy (non-hydrogen) atoms. The lowest BCUT2D eigenvalue weighted by molar-refractivity contribution is -0.121. The molecule has 0 aromatic carbocycles. The summed E-state index contributed by atoms with van der Waals surface area (Å²) in [6.45, 7) is 8.97. The molecule has 5 nitrogen and oxygen atoms in total. The predicted molar refractivity (Wildman–Crippen MR) is 71.2 cm³/mol. The average Bonchev–Trinajstić information content (AvgIpc) is 2.62. The topological polar surface area (TPSA) is 59.0 Å². The van der Waals surface area contributed by atoms with E-state index in [1.807, 2.05) is 17.7 Å². The van der Waals surface area contributed by atoms with Crippen LogP contribution in [-0.2, 0) is 11.3 Å². The van der Waals surface area contributed by atoms with Gasteiger partial charge in [0.05, 0.1) is 6.20 Å². The van der Waals surface area contributed by atoms with Gasteiger partial charge in [0, 0.05) is 18.5 Å². The first-order chi connectivity index (χ1) is 8.58. The van der Waals surface area contributed by atoms with Crippen molar-refractivity contribution < 1.29 is 4.79 Å². The fourth-order valence-electron chi connectivity index (χ4n) is 2.05. The van der Waals surface area contributed by atoms with Gasteiger partial charge in [-0.15, -0.1) is 0 Å². The maximum atomic E-state index is 12.1. The minimum absolute atomic E-state index is 0.0497. The number of aromatic nitrogens is 2. The second-order valence-corrected chi connectivity index (χ2v) is 5.49. The van der Waals surface area contributed by atoms with Crippen LogP contribution in [0, 0.1) is 17.8 Å². The summed E-state index contributed by atoms with van der Waals surface area (Å²) in [5, 5.41) is 10.4. The number of anilines is 1. The Balaban J connectivity index is 1.95. The van der Waals surface area contributed by atoms with Crippen LogP contribution in [-0.4, -0.2) is 28.8 Å². The van der Waals surface area contributed by atoms with Crippen molar-refractivity contribution >= 4 is 11.7 Å². The van der Waals surface area contributed by atoms with Gasteiger partial charge in [-0.25, -0.2) is 4.68 Å². The molecule has 1 amide bonds. The van der Waals surface area contributed by atoms with Gasteiger partial charge in [-0.1, -0.05) is 20.8 Å². The largest absolute Gasteiger partial charge is 0.316 e. The predicted octanol–water partition coefficient (Wildman–Crippen LogP) is 1.33. The van der Waals surface area contributed by atoms with E-state index in [0.717, 1.165) is 25.5 Å². The van der Waals surface area contributed by atoms with Crippen molar-refractivity contribution in [2.45, 2.75) is 27.3 Å². The van der Waals surface area contributed by atoms with E-state index in [4.69, 9.17) is 0 Å². The first kappa shape index (κ1) is 13.1. The molecule has 2 heterocycles. The van der Waals surface area contributed by atoms with E-state index in [-0.39, 0.29) is 11.8 Å². The third-order valence-corrected chi connectivity index (χ3v) is 3.44. The number of carbonyl (C=O) groups is 1. The number of nitrogens with one attached hydrogen (secondary N) is 2. The standard InChI is InChI=1S/C13H22N4O/c1-9(2)8-17-12(4-5-15-17)16-13(18)10(3)11-6-14-7-11/h4-5,9-11,14H,6-8H2,1-3H3,(H,16,18). The third-order valence-electron chi connectivity index (χ3n) is 3.44. The zero-order chi connectivity index (χ0) is 13.1. The highest BCUT2D eigenvalue weighted by atomic mass is 16.2. The van der Waals surface area contributed by atoms with Gasteiger partial charge in [0.15, 0.2) is 0 Å². The molecule has 1 aliphatic heterocycles. The summed E-state index contributed by atoms with van der Waals surface area (Å²) in [7, 11) is 0. The number of nitrogens with zero attached hydrogens (tertiary/aromatic N) is 2. The van der Waals surface area contributed by atoms with Gasteiger partial charge in [0.25, 0.3) is 0 Å². The Hall–Kier alpha value is -1.36. The molecule has 1 aromatic rings. The van der Waals surface area contributed by atoms with Crippen LogP contribution in [0.1, 0.15) is 20.8 Å². The van der Waals surface area contributed by atoms with Crippen LogP contribution in [0.5, 0.6) is 0 Å². The summed E-state index contributed by atoms with van der Waals surface area (Å²) in [5.41, 5.74) is 0. The van der Waals surface area contributed by atoms with E-state index in [0.29, 0.717) is 11.8 Å². The molecular formula is C13H22N4O. The Bertz CT molecular complexity index is 409. The van der Waals surface area contributed by atoms with Gasteiger partial charge in [0.1, 0.15) is 5.82 Å². The number of amides is 1. The number of hydrogen-bond acceptors (Lipinski definition) is 3. The van der Waals surface area contributed by atoms with Gasteiger partial charge in [-0.2, -0.15) is 5.10 Å². The van der Waals surface area contributed by atoms with Gasteiger partial charge in [0.2, 0.25) is 5.91 Å². The Labute approximate surface area is 108 Å². The highest BCUT2D eigenvalue weighted by molar-refractivity contribution is 5.91. The first-order valence-corrected chi connectivity index (χ1v) is 6.61. The van der Waals surface area contributed by atoms with Crippen LogP contribution in [0.25, 0.3) is 0 Å². The van der Waals surface area contributed by atoms with Crippen molar-refractivity contribution in [1.82, 2.24) is 15.1 Å². The lowest BCUT2D eigenvalue weighted by Crippen LogP contribution is -2.48. The average molecular weight is 250 g/mol. The van der Waals surface area contributed by atoms with Crippen molar-refractivity contribution in [3.8, 4) is 0 Å². The fraction of sp³-hybridized carbons (Fsp3) is 0.692. The maximum absolute atomic E-state index is 12.1. The van der Waals surface area contributed by atoms with E-state index in [2.05, 4.69) is 29.6 Å². The molecule has 0 saturated carbocycles. The zero-order valence-electron chi connectivity index (χ0n) is 11.3. The highest BCUT2D eigenvalue weighted by Gasteiger charge is 2.29. The molecular weight excluding hydrogens is 228 g/mol. The summed E-state index contributed by atoms with van der Waals surface area (Å²) in [6.07, 6.45) is 1.73. The molecule has 0 radical (unpaired) electrons. The van der Waals surface area contributed by atoms with Gasteiger partial charge >= 0.3 is 0 Å². The van der Waals surface area contributed by atoms with Crippen molar-refractivity contribution in [1.29, 1.82) is 0 Å². The quantitative estimate of drug-likeness (QED) is 0.829. The van der Waals surface area contributed by atoms with Crippen molar-refractivity contribution in [2.24, 2.45) is 17.8 Å². The lowest BCUT2D eigenvalue weighted by Gasteiger charge is -2.31. The molecule has 1 aliphatic rings. The van der Waals surface area contributed by atoms with Crippen LogP contribution in [0.2, 0.25) is 0 Å². The Morgan fingerprint density at radius 3 is 2.83 bits per heavy atom. The summed E-state index contributed by atoms with van der Waals surface area (Å²) < 4.78 is 1.86. The molecule has 0 spiro atoms. The molecule has 1 aromatic heterocycles. The minimum atomic E-state index is 0.0497. The lowest BCUT2D eigenvalue weighted by atomic mass is 9.88. The van der Waals surface area contributed by atoms with Crippen molar-refractivity contribution in [3.05, 3.63) is 12.3 Å². The number of carbonyl (C=O) groups excluding carboxylic acids is 1. The zero-order valence-corrected chi connectivity index (χ0v) is 11.3. The summed E-state index contributed by atoms with van der Waals surface area (Å²) in [4.78, 5) is 12.1. The SMILES string of the molecule is CC(C)Cn1nccc1NC(=O)C(C)C1CNC1. The molecule has 0 aliphatic carbocycles. The molecule has 2 N–H and O–H groups in total. The van der Waals surface area contributed by atoms with E-state index < -0.39 is 0 Å². The molecule has 1 unspecified atom stereocenters. The van der Waals surface area contributed by atoms with Crippen LogP contribution < -0.4 is 10.6 Å². The minimum Gasteiger partial charge on any atom is -0.316 e. The van der Waals surface area contributed by atoms with Crippen molar-refractivity contribution in [3.63, 3.8) is 0 Å². The summed E-state index contributed by atoms with van der Waals surface area (Å²) in [6, 6.07) is 1.85. The molecule has 1 fully saturated rings. The molecule has 5 heteroatoms. The molecule has 2 rings (SSSR count). The normalized spacial score (nSPS) is 17.6. The summed E-state index contributed by atoms with van der Waals surface area (Å²) >= 11 is 0. The van der Waals surface area contributed by atoms with Crippen LogP contribution >= 0.6 is 0 Å². The number of rotatable bonds is 5. The maximum Gasteiger partial charge on any atom is 0.228 e. The molecule has 1 saturated heterocycles. The third kappa shape index (κ3) is 2.90. The Morgan fingerprint density at radius 2 is 2.28 bits per heavy atom. The fourth-order valence-corrected chi connectivity index (χ4v) is 2.05. The van der Waals surface area contributed by atoms with Crippen LogP contribution in [0.4, 0.5) is 5.82 Å². The van der Waals surface area contributed by atoms with E-state index in [1.54, 1.807) is 6.20 Å². The molecule has 100 valence electrons. The monoisotopic (exact) mass is 250 g/mol. The van der Waals surface area contributed by atoms with Gasteiger partial charge < -0.3 is 10.6 Å². The van der Waals surface area contributed by atoms with Gasteiger partial charge in [-0.05, 0) is 24.9 Å². The van der Waals surface area contributed by atoms with Gasteiger partial charge in [-0.3, -0.25) is 4.79 Å². The number of hydrogen-bond donors (Lipinski definition) is 2. The van der Waals surface area contributed by atoms with E-state index in [9.17, 15) is 4.79 Å². The molecule has 0 bridgehead atoms. The smallest absolute Gasteiger partial charge is 0.228 e. The van der Waals surface area contributed by atoms with Crippen molar-refractivity contribution in [2.75, 3.05) is 18.4 Å². The molecule has 1 atom stereocenters. The second-order valence-electron chi connectivity index (χ2n) is 5.49. The Morgan fingerprint density at radius 1 is 1.56 bits per heavy atom. The first-order valence-electron chi connectivity index (χ1n) is 6.61. The Kier molecular flexibility index (Phi) is 4.01. The highest BCUT2D eigenvalue weighted by Crippen LogP contribution is 2.18. The summed E-state index contributed by atoms with van der Waals surface area (Å²) in [5.74, 6) is 1.91. The van der Waals surface area contributed by atoms with E-state index in [1.165, 1.54) is 0 Å².